The molecule has 0 amide bonds. The number of halogens is 4. The van der Waals surface area contributed by atoms with Crippen molar-refractivity contribution in [3.8, 4) is 0 Å². The Labute approximate surface area is 134 Å². The van der Waals surface area contributed by atoms with Crippen molar-refractivity contribution in [1.29, 1.82) is 0 Å². The third-order valence-electron chi connectivity index (χ3n) is 2.28. The molecule has 0 saturated heterocycles. The van der Waals surface area contributed by atoms with Crippen LogP contribution in [0.2, 0.25) is 5.02 Å². The minimum absolute atomic E-state index is 0.205. The molecule has 0 aliphatic carbocycles. The van der Waals surface area contributed by atoms with Crippen LogP contribution in [-0.4, -0.2) is 9.78 Å². The largest absolute Gasteiger partial charge is 0.282 e. The minimum atomic E-state index is -0.205. The molecule has 1 aromatic heterocycles. The van der Waals surface area contributed by atoms with E-state index in [4.69, 9.17) is 11.6 Å². The fraction of sp³-hybridized carbons (Fsp3) is 0.0909. The van der Waals surface area contributed by atoms with Crippen molar-refractivity contribution in [2.45, 2.75) is 6.54 Å². The lowest BCUT2D eigenvalue weighted by atomic mass is 10.2. The Morgan fingerprint density at radius 3 is 2.67 bits per heavy atom. The third kappa shape index (κ3) is 3.04. The number of benzene rings is 1. The molecule has 0 spiro atoms. The molecule has 18 heavy (non-hydrogen) atoms. The molecule has 2 aromatic rings. The van der Waals surface area contributed by atoms with Gasteiger partial charge in [0.05, 0.1) is 17.2 Å². The van der Waals surface area contributed by atoms with Gasteiger partial charge in [-0.05, 0) is 49.6 Å². The first kappa shape index (κ1) is 14.2. The Morgan fingerprint density at radius 1 is 1.28 bits per heavy atom. The first-order valence-corrected chi connectivity index (χ1v) is 7.60. The van der Waals surface area contributed by atoms with Crippen molar-refractivity contribution in [2.75, 3.05) is 0 Å². The van der Waals surface area contributed by atoms with Gasteiger partial charge in [0, 0.05) is 9.50 Å². The summed E-state index contributed by atoms with van der Waals surface area (Å²) in [5.41, 5.74) is 0.632. The molecule has 1 aromatic carbocycles. The van der Waals surface area contributed by atoms with Crippen LogP contribution < -0.4 is 5.56 Å². The molecule has 1 heterocycles. The summed E-state index contributed by atoms with van der Waals surface area (Å²) in [6.45, 7) is 0.330. The van der Waals surface area contributed by atoms with E-state index in [-0.39, 0.29) is 5.56 Å². The fourth-order valence-electron chi connectivity index (χ4n) is 1.37. The van der Waals surface area contributed by atoms with Crippen LogP contribution in [0, 0.1) is 0 Å². The van der Waals surface area contributed by atoms with Crippen LogP contribution in [-0.2, 0) is 6.54 Å². The zero-order valence-electron chi connectivity index (χ0n) is 8.83. The van der Waals surface area contributed by atoms with E-state index in [1.54, 1.807) is 12.3 Å². The summed E-state index contributed by atoms with van der Waals surface area (Å²) in [6.07, 6.45) is 1.57. The SMILES string of the molecule is O=c1c(Br)c(Br)cnn1Cc1ccc(Br)cc1Cl. The van der Waals surface area contributed by atoms with Gasteiger partial charge in [-0.1, -0.05) is 33.6 Å². The summed E-state index contributed by atoms with van der Waals surface area (Å²) in [5.74, 6) is 0. The quantitative estimate of drug-likeness (QED) is 0.677. The highest BCUT2D eigenvalue weighted by Crippen LogP contribution is 2.22. The van der Waals surface area contributed by atoms with Gasteiger partial charge in [-0.25, -0.2) is 4.68 Å². The van der Waals surface area contributed by atoms with Gasteiger partial charge in [0.2, 0.25) is 0 Å². The molecule has 0 aliphatic heterocycles. The normalized spacial score (nSPS) is 10.7. The molecule has 0 radical (unpaired) electrons. The smallest absolute Gasteiger partial charge is 0.266 e. The van der Waals surface area contributed by atoms with Crippen LogP contribution in [0.3, 0.4) is 0 Å². The highest BCUT2D eigenvalue weighted by atomic mass is 79.9. The summed E-state index contributed by atoms with van der Waals surface area (Å²) in [4.78, 5) is 11.9. The zero-order valence-corrected chi connectivity index (χ0v) is 14.3. The van der Waals surface area contributed by atoms with Gasteiger partial charge in [0.15, 0.2) is 0 Å². The lowest BCUT2D eigenvalue weighted by molar-refractivity contribution is 0.633. The fourth-order valence-corrected chi connectivity index (χ4v) is 2.67. The molecule has 0 atom stereocenters. The Bertz CT molecular complexity index is 657. The number of hydrogen-bond donors (Lipinski definition) is 0. The summed E-state index contributed by atoms with van der Waals surface area (Å²) in [6, 6.07) is 5.52. The summed E-state index contributed by atoms with van der Waals surface area (Å²) >= 11 is 15.9. The average molecular weight is 457 g/mol. The van der Waals surface area contributed by atoms with E-state index in [2.05, 4.69) is 52.9 Å². The highest BCUT2D eigenvalue weighted by molar-refractivity contribution is 9.13. The molecule has 3 nitrogen and oxygen atoms in total. The van der Waals surface area contributed by atoms with E-state index in [9.17, 15) is 4.79 Å². The molecule has 0 saturated carbocycles. The molecule has 2 rings (SSSR count). The number of aromatic nitrogens is 2. The van der Waals surface area contributed by atoms with Crippen molar-refractivity contribution in [3.05, 3.63) is 58.8 Å². The van der Waals surface area contributed by atoms with Crippen molar-refractivity contribution in [2.24, 2.45) is 0 Å². The standard InChI is InChI=1S/C11H6Br3ClN2O/c12-7-2-1-6(9(15)3-7)5-17-11(18)10(14)8(13)4-16-17/h1-4H,5H2. The number of rotatable bonds is 2. The maximum absolute atomic E-state index is 11.9. The maximum atomic E-state index is 11.9. The van der Waals surface area contributed by atoms with Gasteiger partial charge in [-0.3, -0.25) is 4.79 Å². The van der Waals surface area contributed by atoms with Crippen LogP contribution in [0.25, 0.3) is 0 Å². The van der Waals surface area contributed by atoms with Crippen LogP contribution in [0.4, 0.5) is 0 Å². The van der Waals surface area contributed by atoms with E-state index >= 15 is 0 Å². The second-order valence-corrected chi connectivity index (χ2v) is 6.48. The topological polar surface area (TPSA) is 34.9 Å². The Balaban J connectivity index is 2.41. The summed E-state index contributed by atoms with van der Waals surface area (Å²) in [5, 5.41) is 4.65. The van der Waals surface area contributed by atoms with Gasteiger partial charge in [-0.2, -0.15) is 5.10 Å². The van der Waals surface area contributed by atoms with Crippen molar-refractivity contribution in [1.82, 2.24) is 9.78 Å². The molecule has 7 heteroatoms. The molecule has 0 unspecified atom stereocenters. The molecule has 0 bridgehead atoms. The number of nitrogens with zero attached hydrogens (tertiary/aromatic N) is 2. The van der Waals surface area contributed by atoms with Crippen molar-refractivity contribution in [3.63, 3.8) is 0 Å². The predicted molar refractivity (Wildman–Crippen MR) is 82.2 cm³/mol. The van der Waals surface area contributed by atoms with Crippen LogP contribution >= 0.6 is 59.4 Å². The zero-order chi connectivity index (χ0) is 13.3. The summed E-state index contributed by atoms with van der Waals surface area (Å²) < 4.78 is 3.33. The average Bonchev–Trinajstić information content (AvgIpc) is 2.33. The van der Waals surface area contributed by atoms with Crippen LogP contribution in [0.15, 0.2) is 42.6 Å². The monoisotopic (exact) mass is 454 g/mol. The van der Waals surface area contributed by atoms with Crippen LogP contribution in [0.1, 0.15) is 5.56 Å². The maximum Gasteiger partial charge on any atom is 0.282 e. The van der Waals surface area contributed by atoms with Gasteiger partial charge in [0.25, 0.3) is 5.56 Å². The van der Waals surface area contributed by atoms with E-state index in [1.807, 2.05) is 12.1 Å². The molecule has 94 valence electrons. The van der Waals surface area contributed by atoms with Gasteiger partial charge in [0.1, 0.15) is 4.47 Å². The second-order valence-electron chi connectivity index (χ2n) is 3.51. The van der Waals surface area contributed by atoms with E-state index in [0.717, 1.165) is 10.0 Å². The molecule has 0 aliphatic rings. The molecule has 0 N–H and O–H groups in total. The summed E-state index contributed by atoms with van der Waals surface area (Å²) in [7, 11) is 0. The first-order chi connectivity index (χ1) is 8.49. The Hall–Kier alpha value is -0.170. The lowest BCUT2D eigenvalue weighted by Crippen LogP contribution is -2.24. The van der Waals surface area contributed by atoms with Gasteiger partial charge < -0.3 is 0 Å². The van der Waals surface area contributed by atoms with Crippen molar-refractivity contribution < 1.29 is 0 Å². The van der Waals surface area contributed by atoms with Crippen molar-refractivity contribution >= 4 is 59.4 Å². The molecular formula is C11H6Br3ClN2O. The van der Waals surface area contributed by atoms with Gasteiger partial charge in [-0.15, -0.1) is 0 Å². The molecular weight excluding hydrogens is 451 g/mol. The van der Waals surface area contributed by atoms with E-state index < -0.39 is 0 Å². The van der Waals surface area contributed by atoms with Crippen LogP contribution in [0.5, 0.6) is 0 Å². The highest BCUT2D eigenvalue weighted by Gasteiger charge is 2.09. The lowest BCUT2D eigenvalue weighted by Gasteiger charge is -2.07. The van der Waals surface area contributed by atoms with E-state index in [0.29, 0.717) is 20.5 Å². The third-order valence-corrected chi connectivity index (χ3v) is 5.02. The Kier molecular flexibility index (Phi) is 4.64. The van der Waals surface area contributed by atoms with E-state index in [1.165, 1.54) is 4.68 Å². The van der Waals surface area contributed by atoms with Gasteiger partial charge >= 0.3 is 0 Å². The first-order valence-electron chi connectivity index (χ1n) is 4.84. The minimum Gasteiger partial charge on any atom is -0.266 e. The second kappa shape index (κ2) is 5.86. The Morgan fingerprint density at radius 2 is 2.00 bits per heavy atom. The number of hydrogen-bond acceptors (Lipinski definition) is 2. The predicted octanol–water partition coefficient (Wildman–Crippen LogP) is 4.23. The molecule has 0 fully saturated rings.